The molecule has 118 valence electrons. The number of amides is 1. The van der Waals surface area contributed by atoms with Crippen LogP contribution in [0.3, 0.4) is 0 Å². The molecule has 1 heterocycles. The molecule has 1 aromatic rings. The van der Waals surface area contributed by atoms with Gasteiger partial charge < -0.3 is 15.5 Å². The van der Waals surface area contributed by atoms with Crippen LogP contribution in [-0.2, 0) is 17.8 Å². The van der Waals surface area contributed by atoms with Crippen LogP contribution in [0.1, 0.15) is 24.0 Å². The Morgan fingerprint density at radius 2 is 1.95 bits per heavy atom. The zero-order valence-corrected chi connectivity index (χ0v) is 13.1. The van der Waals surface area contributed by atoms with Crippen LogP contribution in [0.4, 0.5) is 0 Å². The minimum absolute atomic E-state index is 0.198. The monoisotopic (exact) mass is 300 g/mol. The Bertz CT molecular complexity index is 566. The quantitative estimate of drug-likeness (QED) is 0.498. The number of carbonyl (C=O) groups is 1. The summed E-state index contributed by atoms with van der Waals surface area (Å²) in [6, 6.07) is 8.58. The Balaban J connectivity index is 1.47. The van der Waals surface area contributed by atoms with E-state index in [0.717, 1.165) is 38.3 Å². The molecule has 0 atom stereocenters. The van der Waals surface area contributed by atoms with Gasteiger partial charge in [0.1, 0.15) is 0 Å². The van der Waals surface area contributed by atoms with Gasteiger partial charge >= 0.3 is 0 Å². The summed E-state index contributed by atoms with van der Waals surface area (Å²) in [6.45, 7) is 3.23. The fourth-order valence-electron chi connectivity index (χ4n) is 2.86. The molecule has 0 aromatic heterocycles. The standard InChI is InChI=1S/C17H24N4O/c1-18-17(20-10-9-19-16(22)14-6-7-14)21-11-8-13-4-2-3-5-15(13)12-21/h2-5,14H,6-12H2,1H3,(H,18,20)(H,19,22). The first kappa shape index (κ1) is 14.9. The lowest BCUT2D eigenvalue weighted by Gasteiger charge is -2.31. The van der Waals surface area contributed by atoms with Crippen molar-refractivity contribution < 1.29 is 4.79 Å². The molecule has 2 aliphatic rings. The maximum atomic E-state index is 11.6. The van der Waals surface area contributed by atoms with Crippen molar-refractivity contribution in [2.75, 3.05) is 26.7 Å². The summed E-state index contributed by atoms with van der Waals surface area (Å²) < 4.78 is 0. The third-order valence-electron chi connectivity index (χ3n) is 4.30. The van der Waals surface area contributed by atoms with Crippen molar-refractivity contribution in [3.63, 3.8) is 0 Å². The van der Waals surface area contributed by atoms with E-state index < -0.39 is 0 Å². The van der Waals surface area contributed by atoms with Crippen molar-refractivity contribution in [1.29, 1.82) is 0 Å². The molecule has 1 fully saturated rings. The van der Waals surface area contributed by atoms with Crippen molar-refractivity contribution >= 4 is 11.9 Å². The van der Waals surface area contributed by atoms with Crippen LogP contribution in [0.15, 0.2) is 29.3 Å². The Morgan fingerprint density at radius 3 is 2.68 bits per heavy atom. The van der Waals surface area contributed by atoms with Crippen molar-refractivity contribution in [2.45, 2.75) is 25.8 Å². The first-order chi connectivity index (χ1) is 10.8. The molecule has 0 bridgehead atoms. The highest BCUT2D eigenvalue weighted by molar-refractivity contribution is 5.81. The van der Waals surface area contributed by atoms with E-state index in [-0.39, 0.29) is 11.8 Å². The second-order valence-corrected chi connectivity index (χ2v) is 5.98. The Kier molecular flexibility index (Phi) is 4.61. The van der Waals surface area contributed by atoms with Gasteiger partial charge in [-0.25, -0.2) is 0 Å². The van der Waals surface area contributed by atoms with Gasteiger partial charge in [0, 0.05) is 39.1 Å². The van der Waals surface area contributed by atoms with E-state index in [1.807, 2.05) is 7.05 Å². The topological polar surface area (TPSA) is 56.7 Å². The van der Waals surface area contributed by atoms with E-state index in [1.165, 1.54) is 11.1 Å². The van der Waals surface area contributed by atoms with Gasteiger partial charge in [0.2, 0.25) is 5.91 Å². The SMILES string of the molecule is CN=C(NCCNC(=O)C1CC1)N1CCc2ccccc2C1. The zero-order valence-electron chi connectivity index (χ0n) is 13.1. The summed E-state index contributed by atoms with van der Waals surface area (Å²) in [7, 11) is 1.81. The predicted molar refractivity (Wildman–Crippen MR) is 87.7 cm³/mol. The Morgan fingerprint density at radius 1 is 1.23 bits per heavy atom. The molecule has 1 aliphatic heterocycles. The number of hydrogen-bond donors (Lipinski definition) is 2. The van der Waals surface area contributed by atoms with Crippen LogP contribution in [0.25, 0.3) is 0 Å². The van der Waals surface area contributed by atoms with Gasteiger partial charge in [-0.2, -0.15) is 0 Å². The fourth-order valence-corrected chi connectivity index (χ4v) is 2.86. The van der Waals surface area contributed by atoms with Crippen LogP contribution >= 0.6 is 0 Å². The Hall–Kier alpha value is -2.04. The number of benzene rings is 1. The van der Waals surface area contributed by atoms with Gasteiger partial charge in [0.15, 0.2) is 5.96 Å². The fraction of sp³-hybridized carbons (Fsp3) is 0.529. The molecular weight excluding hydrogens is 276 g/mol. The number of nitrogens with zero attached hydrogens (tertiary/aromatic N) is 2. The number of carbonyl (C=O) groups excluding carboxylic acids is 1. The van der Waals surface area contributed by atoms with Gasteiger partial charge in [-0.3, -0.25) is 9.79 Å². The van der Waals surface area contributed by atoms with E-state index in [4.69, 9.17) is 0 Å². The molecular formula is C17H24N4O. The van der Waals surface area contributed by atoms with E-state index in [0.29, 0.717) is 13.1 Å². The van der Waals surface area contributed by atoms with E-state index >= 15 is 0 Å². The first-order valence-electron chi connectivity index (χ1n) is 8.08. The summed E-state index contributed by atoms with van der Waals surface area (Å²) in [6.07, 6.45) is 3.15. The lowest BCUT2D eigenvalue weighted by Crippen LogP contribution is -2.46. The van der Waals surface area contributed by atoms with Gasteiger partial charge in [0.05, 0.1) is 0 Å². The smallest absolute Gasteiger partial charge is 0.223 e. The molecule has 22 heavy (non-hydrogen) atoms. The molecule has 1 aromatic carbocycles. The summed E-state index contributed by atoms with van der Waals surface area (Å²) >= 11 is 0. The molecule has 0 radical (unpaired) electrons. The van der Waals surface area contributed by atoms with Crippen molar-refractivity contribution in [2.24, 2.45) is 10.9 Å². The zero-order chi connectivity index (χ0) is 15.4. The second-order valence-electron chi connectivity index (χ2n) is 5.98. The average molecular weight is 300 g/mol. The number of nitrogens with one attached hydrogen (secondary N) is 2. The third-order valence-corrected chi connectivity index (χ3v) is 4.30. The largest absolute Gasteiger partial charge is 0.354 e. The van der Waals surface area contributed by atoms with Crippen LogP contribution in [-0.4, -0.2) is 43.4 Å². The number of rotatable bonds is 4. The highest BCUT2D eigenvalue weighted by Crippen LogP contribution is 2.28. The second kappa shape index (κ2) is 6.81. The predicted octanol–water partition coefficient (Wildman–Crippen LogP) is 1.15. The number of hydrogen-bond acceptors (Lipinski definition) is 2. The van der Waals surface area contributed by atoms with E-state index in [1.54, 1.807) is 0 Å². The van der Waals surface area contributed by atoms with Crippen molar-refractivity contribution in [3.05, 3.63) is 35.4 Å². The van der Waals surface area contributed by atoms with Crippen molar-refractivity contribution in [3.8, 4) is 0 Å². The molecule has 1 aliphatic carbocycles. The molecule has 5 nitrogen and oxygen atoms in total. The molecule has 3 rings (SSSR count). The van der Waals surface area contributed by atoms with Crippen LogP contribution in [0, 0.1) is 5.92 Å². The van der Waals surface area contributed by atoms with Gasteiger partial charge in [-0.1, -0.05) is 24.3 Å². The van der Waals surface area contributed by atoms with Crippen LogP contribution in [0.5, 0.6) is 0 Å². The maximum Gasteiger partial charge on any atom is 0.223 e. The molecule has 0 saturated heterocycles. The van der Waals surface area contributed by atoms with Crippen molar-refractivity contribution in [1.82, 2.24) is 15.5 Å². The number of aliphatic imine (C=N–C) groups is 1. The van der Waals surface area contributed by atoms with E-state index in [9.17, 15) is 4.79 Å². The van der Waals surface area contributed by atoms with Crippen LogP contribution in [0.2, 0.25) is 0 Å². The molecule has 0 spiro atoms. The lowest BCUT2D eigenvalue weighted by atomic mass is 10.0. The van der Waals surface area contributed by atoms with Gasteiger partial charge in [-0.05, 0) is 30.4 Å². The minimum atomic E-state index is 0.198. The maximum absolute atomic E-state index is 11.6. The summed E-state index contributed by atoms with van der Waals surface area (Å²) in [4.78, 5) is 18.2. The Labute approximate surface area is 131 Å². The van der Waals surface area contributed by atoms with E-state index in [2.05, 4.69) is 44.8 Å². The van der Waals surface area contributed by atoms with Gasteiger partial charge in [0.25, 0.3) is 0 Å². The molecule has 1 saturated carbocycles. The highest BCUT2D eigenvalue weighted by atomic mass is 16.2. The average Bonchev–Trinajstić information content (AvgIpc) is 3.39. The third kappa shape index (κ3) is 3.59. The lowest BCUT2D eigenvalue weighted by molar-refractivity contribution is -0.122. The normalized spacial score (nSPS) is 17.9. The number of guanidine groups is 1. The highest BCUT2D eigenvalue weighted by Gasteiger charge is 2.29. The van der Waals surface area contributed by atoms with Crippen LogP contribution < -0.4 is 10.6 Å². The summed E-state index contributed by atoms with van der Waals surface area (Å²) in [5.41, 5.74) is 2.81. The summed E-state index contributed by atoms with van der Waals surface area (Å²) in [5.74, 6) is 1.39. The molecule has 1 amide bonds. The van der Waals surface area contributed by atoms with Gasteiger partial charge in [-0.15, -0.1) is 0 Å². The summed E-state index contributed by atoms with van der Waals surface area (Å²) in [5, 5.41) is 6.31. The first-order valence-corrected chi connectivity index (χ1v) is 8.08. The molecule has 0 unspecified atom stereocenters. The number of fused-ring (bicyclic) bond motifs is 1. The minimum Gasteiger partial charge on any atom is -0.354 e. The molecule has 5 heteroatoms. The molecule has 2 N–H and O–H groups in total.